The van der Waals surface area contributed by atoms with Gasteiger partial charge in [-0.2, -0.15) is 5.10 Å². The van der Waals surface area contributed by atoms with E-state index < -0.39 is 0 Å². The molecule has 0 bridgehead atoms. The van der Waals surface area contributed by atoms with Gasteiger partial charge in [-0.05, 0) is 18.2 Å². The highest BCUT2D eigenvalue weighted by molar-refractivity contribution is 6.33. The molecule has 6 nitrogen and oxygen atoms in total. The number of aromatic amines is 1. The van der Waals surface area contributed by atoms with Crippen LogP contribution in [0.3, 0.4) is 0 Å². The van der Waals surface area contributed by atoms with Crippen molar-refractivity contribution in [2.24, 2.45) is 7.05 Å². The highest BCUT2D eigenvalue weighted by Gasteiger charge is 2.22. The Kier molecular flexibility index (Phi) is 4.38. The molecule has 0 spiro atoms. The molecule has 0 fully saturated rings. The van der Waals surface area contributed by atoms with Crippen LogP contribution < -0.4 is 4.74 Å². The largest absolute Gasteiger partial charge is 0.479 e. The minimum absolute atomic E-state index is 0.0432. The number of H-pyrrole nitrogens is 1. The second-order valence-electron chi connectivity index (χ2n) is 7.76. The zero-order valence-electron chi connectivity index (χ0n) is 16.5. The van der Waals surface area contributed by atoms with Crippen LogP contribution in [0, 0.1) is 0 Å². The third-order valence-corrected chi connectivity index (χ3v) is 5.00. The summed E-state index contributed by atoms with van der Waals surface area (Å²) in [5.74, 6) is 1.20. The normalized spacial score (nSPS) is 11.9. The number of aromatic nitrogens is 5. The zero-order valence-corrected chi connectivity index (χ0v) is 17.3. The van der Waals surface area contributed by atoms with Crippen LogP contribution in [-0.4, -0.2) is 31.8 Å². The van der Waals surface area contributed by atoms with Crippen LogP contribution in [0.2, 0.25) is 5.02 Å². The third kappa shape index (κ3) is 3.14. The van der Waals surface area contributed by atoms with E-state index in [4.69, 9.17) is 21.3 Å². The maximum atomic E-state index is 6.35. The highest BCUT2D eigenvalue weighted by atomic mass is 35.5. The molecule has 0 radical (unpaired) electrons. The van der Waals surface area contributed by atoms with Gasteiger partial charge in [0.15, 0.2) is 5.82 Å². The summed E-state index contributed by atoms with van der Waals surface area (Å²) >= 11 is 6.35. The Hall–Kier alpha value is -2.86. The number of nitrogens with one attached hydrogen (secondary N) is 1. The summed E-state index contributed by atoms with van der Waals surface area (Å²) in [5.41, 5.74) is 4.92. The summed E-state index contributed by atoms with van der Waals surface area (Å²) < 4.78 is 7.36. The van der Waals surface area contributed by atoms with Crippen LogP contribution >= 0.6 is 11.6 Å². The molecule has 144 valence electrons. The molecule has 0 aliphatic heterocycles. The van der Waals surface area contributed by atoms with Gasteiger partial charge in [-0.3, -0.25) is 4.68 Å². The van der Waals surface area contributed by atoms with Crippen molar-refractivity contribution < 1.29 is 4.74 Å². The number of imidazole rings is 1. The van der Waals surface area contributed by atoms with Gasteiger partial charge in [0.05, 0.1) is 24.0 Å². The van der Waals surface area contributed by atoms with E-state index in [0.717, 1.165) is 33.8 Å². The predicted molar refractivity (Wildman–Crippen MR) is 112 cm³/mol. The second kappa shape index (κ2) is 6.63. The molecule has 0 amide bonds. The molecule has 1 aromatic carbocycles. The Morgan fingerprint density at radius 3 is 2.50 bits per heavy atom. The van der Waals surface area contributed by atoms with E-state index in [2.05, 4.69) is 41.9 Å². The highest BCUT2D eigenvalue weighted by Crippen LogP contribution is 2.33. The maximum Gasteiger partial charge on any atom is 0.240 e. The first-order chi connectivity index (χ1) is 13.3. The molecule has 28 heavy (non-hydrogen) atoms. The Morgan fingerprint density at radius 1 is 1.11 bits per heavy atom. The lowest BCUT2D eigenvalue weighted by molar-refractivity contribution is 0.403. The number of aryl methyl sites for hydroxylation is 1. The van der Waals surface area contributed by atoms with Gasteiger partial charge < -0.3 is 9.72 Å². The molecule has 4 rings (SSSR count). The fraction of sp³-hybridized carbons (Fsp3) is 0.286. The van der Waals surface area contributed by atoms with Crippen molar-refractivity contribution in [1.82, 2.24) is 24.7 Å². The van der Waals surface area contributed by atoms with E-state index in [1.54, 1.807) is 7.11 Å². The number of ether oxygens (including phenoxy) is 1. The van der Waals surface area contributed by atoms with E-state index in [9.17, 15) is 0 Å². The van der Waals surface area contributed by atoms with Crippen LogP contribution in [0.4, 0.5) is 0 Å². The fourth-order valence-corrected chi connectivity index (χ4v) is 3.35. The summed E-state index contributed by atoms with van der Waals surface area (Å²) in [5, 5.41) is 5.27. The second-order valence-corrected chi connectivity index (χ2v) is 8.17. The van der Waals surface area contributed by atoms with E-state index in [1.807, 2.05) is 42.1 Å². The minimum atomic E-state index is -0.0432. The molecular weight excluding hydrogens is 374 g/mol. The van der Waals surface area contributed by atoms with Crippen molar-refractivity contribution in [3.05, 3.63) is 47.1 Å². The molecule has 1 N–H and O–H groups in total. The predicted octanol–water partition coefficient (Wildman–Crippen LogP) is 4.98. The Bertz CT molecular complexity index is 1170. The standard InChI is InChI=1S/C21H22ClN5O/c1-21(2,3)17-11-16(27(4)26-17)19-23-15-10-14(12-8-6-7-9-13(12)22)24-20(28-5)18(15)25-19/h6-11H,1-5H3,(H,23,25). The first-order valence-corrected chi connectivity index (χ1v) is 9.40. The monoisotopic (exact) mass is 395 g/mol. The van der Waals surface area contributed by atoms with Gasteiger partial charge in [-0.15, -0.1) is 0 Å². The number of hydrogen-bond acceptors (Lipinski definition) is 4. The quantitative estimate of drug-likeness (QED) is 0.530. The van der Waals surface area contributed by atoms with Gasteiger partial charge in [-0.1, -0.05) is 50.6 Å². The van der Waals surface area contributed by atoms with E-state index >= 15 is 0 Å². The Balaban J connectivity index is 1.88. The first kappa shape index (κ1) is 18.5. The van der Waals surface area contributed by atoms with Gasteiger partial charge in [0.2, 0.25) is 5.88 Å². The van der Waals surface area contributed by atoms with Gasteiger partial charge in [0.1, 0.15) is 11.2 Å². The maximum absolute atomic E-state index is 6.35. The molecule has 0 aliphatic carbocycles. The van der Waals surface area contributed by atoms with Gasteiger partial charge in [0.25, 0.3) is 0 Å². The SMILES string of the molecule is COc1nc(-c2ccccc2Cl)cc2nc(-c3cc(C(C)(C)C)nn3C)[nH]c12. The molecule has 0 atom stereocenters. The van der Waals surface area contributed by atoms with E-state index in [-0.39, 0.29) is 5.41 Å². The number of halogens is 1. The summed E-state index contributed by atoms with van der Waals surface area (Å²) in [7, 11) is 3.52. The molecule has 0 saturated heterocycles. The molecule has 0 saturated carbocycles. The molecule has 0 unspecified atom stereocenters. The molecule has 4 aromatic rings. The average Bonchev–Trinajstić information content (AvgIpc) is 3.24. The Labute approximate surface area is 168 Å². The van der Waals surface area contributed by atoms with Crippen LogP contribution in [0.5, 0.6) is 5.88 Å². The number of fused-ring (bicyclic) bond motifs is 1. The third-order valence-electron chi connectivity index (χ3n) is 4.68. The number of benzene rings is 1. The van der Waals surface area contributed by atoms with Crippen LogP contribution in [-0.2, 0) is 12.5 Å². The average molecular weight is 396 g/mol. The summed E-state index contributed by atoms with van der Waals surface area (Å²) in [4.78, 5) is 12.7. The smallest absolute Gasteiger partial charge is 0.240 e. The van der Waals surface area contributed by atoms with Gasteiger partial charge in [0, 0.05) is 23.0 Å². The van der Waals surface area contributed by atoms with Gasteiger partial charge >= 0.3 is 0 Å². The lowest BCUT2D eigenvalue weighted by atomic mass is 9.92. The molecule has 7 heteroatoms. The number of methoxy groups -OCH3 is 1. The molecular formula is C21H22ClN5O. The van der Waals surface area contributed by atoms with E-state index in [0.29, 0.717) is 16.6 Å². The van der Waals surface area contributed by atoms with Crippen molar-refractivity contribution in [1.29, 1.82) is 0 Å². The Morgan fingerprint density at radius 2 is 1.86 bits per heavy atom. The fourth-order valence-electron chi connectivity index (χ4n) is 3.11. The van der Waals surface area contributed by atoms with Crippen molar-refractivity contribution in [3.63, 3.8) is 0 Å². The van der Waals surface area contributed by atoms with E-state index in [1.165, 1.54) is 0 Å². The number of nitrogens with zero attached hydrogens (tertiary/aromatic N) is 4. The number of pyridine rings is 1. The summed E-state index contributed by atoms with van der Waals surface area (Å²) in [6.45, 7) is 6.42. The van der Waals surface area contributed by atoms with Crippen molar-refractivity contribution in [3.8, 4) is 28.7 Å². The number of rotatable bonds is 3. The molecule has 0 aliphatic rings. The lowest BCUT2D eigenvalue weighted by Gasteiger charge is -2.13. The van der Waals surface area contributed by atoms with Crippen molar-refractivity contribution in [2.75, 3.05) is 7.11 Å². The molecule has 3 aromatic heterocycles. The minimum Gasteiger partial charge on any atom is -0.479 e. The first-order valence-electron chi connectivity index (χ1n) is 9.02. The topological polar surface area (TPSA) is 68.6 Å². The van der Waals surface area contributed by atoms with Crippen LogP contribution in [0.15, 0.2) is 36.4 Å². The van der Waals surface area contributed by atoms with Crippen LogP contribution in [0.1, 0.15) is 26.5 Å². The number of hydrogen-bond donors (Lipinski definition) is 1. The summed E-state index contributed by atoms with van der Waals surface area (Å²) in [6.07, 6.45) is 0. The van der Waals surface area contributed by atoms with Crippen molar-refractivity contribution >= 4 is 22.6 Å². The zero-order chi connectivity index (χ0) is 20.1. The molecule has 3 heterocycles. The van der Waals surface area contributed by atoms with Crippen LogP contribution in [0.25, 0.3) is 33.8 Å². The van der Waals surface area contributed by atoms with Crippen molar-refractivity contribution in [2.45, 2.75) is 26.2 Å². The lowest BCUT2D eigenvalue weighted by Crippen LogP contribution is -2.12. The van der Waals surface area contributed by atoms with Gasteiger partial charge in [-0.25, -0.2) is 9.97 Å². The summed E-state index contributed by atoms with van der Waals surface area (Å²) in [6, 6.07) is 11.6.